The summed E-state index contributed by atoms with van der Waals surface area (Å²) < 4.78 is 16.3. The van der Waals surface area contributed by atoms with Gasteiger partial charge in [0.25, 0.3) is 5.89 Å². The molecule has 6 heteroatoms. The molecule has 0 bridgehead atoms. The fraction of sp³-hybridized carbons (Fsp3) is 0.125. The van der Waals surface area contributed by atoms with E-state index in [4.69, 9.17) is 19.6 Å². The highest BCUT2D eigenvalue weighted by molar-refractivity contribution is 5.66. The molecule has 2 N–H and O–H groups in total. The van der Waals surface area contributed by atoms with E-state index in [-0.39, 0.29) is 0 Å². The zero-order valence-electron chi connectivity index (χ0n) is 12.2. The van der Waals surface area contributed by atoms with E-state index in [0.29, 0.717) is 34.5 Å². The molecular weight excluding hydrogens is 282 g/mol. The van der Waals surface area contributed by atoms with Crippen molar-refractivity contribution in [1.82, 2.24) is 10.2 Å². The van der Waals surface area contributed by atoms with Crippen LogP contribution in [0.1, 0.15) is 0 Å². The van der Waals surface area contributed by atoms with Crippen LogP contribution in [0.5, 0.6) is 11.5 Å². The highest BCUT2D eigenvalue weighted by Crippen LogP contribution is 2.34. The predicted octanol–water partition coefficient (Wildman–Crippen LogP) is 3.00. The van der Waals surface area contributed by atoms with E-state index in [9.17, 15) is 0 Å². The molecule has 0 saturated heterocycles. The van der Waals surface area contributed by atoms with Crippen molar-refractivity contribution in [2.24, 2.45) is 0 Å². The Kier molecular flexibility index (Phi) is 3.65. The van der Waals surface area contributed by atoms with Gasteiger partial charge < -0.3 is 19.6 Å². The zero-order valence-corrected chi connectivity index (χ0v) is 12.2. The summed E-state index contributed by atoms with van der Waals surface area (Å²) in [7, 11) is 3.18. The molecule has 0 spiro atoms. The maximum Gasteiger partial charge on any atom is 0.252 e. The van der Waals surface area contributed by atoms with E-state index < -0.39 is 0 Å². The van der Waals surface area contributed by atoms with Gasteiger partial charge in [0.2, 0.25) is 5.89 Å². The van der Waals surface area contributed by atoms with Gasteiger partial charge in [-0.2, -0.15) is 0 Å². The van der Waals surface area contributed by atoms with Crippen LogP contribution in [0.25, 0.3) is 22.9 Å². The topological polar surface area (TPSA) is 83.4 Å². The number of methoxy groups -OCH3 is 2. The van der Waals surface area contributed by atoms with E-state index in [2.05, 4.69) is 10.2 Å². The molecule has 0 unspecified atom stereocenters. The van der Waals surface area contributed by atoms with Crippen LogP contribution in [0, 0.1) is 0 Å². The molecule has 0 aliphatic heterocycles. The zero-order chi connectivity index (χ0) is 15.5. The number of anilines is 1. The SMILES string of the molecule is COc1ccc(OC)c(-c2nnc(-c3ccc(N)cc3)o2)c1. The minimum absolute atomic E-state index is 0.363. The molecule has 3 rings (SSSR count). The van der Waals surface area contributed by atoms with Gasteiger partial charge in [-0.05, 0) is 42.5 Å². The Bertz CT molecular complexity index is 782. The van der Waals surface area contributed by atoms with Crippen LogP contribution in [-0.2, 0) is 0 Å². The normalized spacial score (nSPS) is 10.5. The molecule has 22 heavy (non-hydrogen) atoms. The van der Waals surface area contributed by atoms with Crippen molar-refractivity contribution in [3.63, 3.8) is 0 Å². The quantitative estimate of drug-likeness (QED) is 0.745. The summed E-state index contributed by atoms with van der Waals surface area (Å²) in [6.07, 6.45) is 0. The number of nitrogen functional groups attached to an aromatic ring is 1. The molecule has 1 heterocycles. The smallest absolute Gasteiger partial charge is 0.252 e. The van der Waals surface area contributed by atoms with Gasteiger partial charge >= 0.3 is 0 Å². The Hall–Kier alpha value is -3.02. The molecule has 0 aliphatic carbocycles. The average molecular weight is 297 g/mol. The molecule has 0 aliphatic rings. The summed E-state index contributed by atoms with van der Waals surface area (Å²) in [5.74, 6) is 2.10. The third-order valence-corrected chi connectivity index (χ3v) is 3.22. The second kappa shape index (κ2) is 5.77. The first-order valence-electron chi connectivity index (χ1n) is 6.63. The van der Waals surface area contributed by atoms with Crippen molar-refractivity contribution in [1.29, 1.82) is 0 Å². The summed E-state index contributed by atoms with van der Waals surface area (Å²) in [6, 6.07) is 12.6. The van der Waals surface area contributed by atoms with E-state index >= 15 is 0 Å². The Morgan fingerprint density at radius 3 is 2.32 bits per heavy atom. The maximum atomic E-state index is 5.74. The fourth-order valence-electron chi connectivity index (χ4n) is 2.06. The van der Waals surface area contributed by atoms with Gasteiger partial charge in [0.15, 0.2) is 0 Å². The first-order chi connectivity index (χ1) is 10.7. The van der Waals surface area contributed by atoms with E-state index in [1.165, 1.54) is 0 Å². The number of hydrogen-bond donors (Lipinski definition) is 1. The Morgan fingerprint density at radius 2 is 1.64 bits per heavy atom. The number of nitrogens with two attached hydrogens (primary N) is 1. The molecule has 0 fully saturated rings. The van der Waals surface area contributed by atoms with Crippen LogP contribution >= 0.6 is 0 Å². The summed E-state index contributed by atoms with van der Waals surface area (Å²) >= 11 is 0. The lowest BCUT2D eigenvalue weighted by Crippen LogP contribution is -1.90. The van der Waals surface area contributed by atoms with Crippen molar-refractivity contribution in [3.8, 4) is 34.4 Å². The van der Waals surface area contributed by atoms with Crippen LogP contribution < -0.4 is 15.2 Å². The van der Waals surface area contributed by atoms with Crippen molar-refractivity contribution >= 4 is 5.69 Å². The van der Waals surface area contributed by atoms with Crippen LogP contribution in [0.4, 0.5) is 5.69 Å². The molecule has 1 aromatic heterocycles. The monoisotopic (exact) mass is 297 g/mol. The van der Waals surface area contributed by atoms with Gasteiger partial charge in [-0.3, -0.25) is 0 Å². The molecular formula is C16H15N3O3. The number of hydrogen-bond acceptors (Lipinski definition) is 6. The first kappa shape index (κ1) is 13.9. The van der Waals surface area contributed by atoms with E-state index in [0.717, 1.165) is 5.56 Å². The van der Waals surface area contributed by atoms with Gasteiger partial charge in [-0.15, -0.1) is 10.2 Å². The number of rotatable bonds is 4. The van der Waals surface area contributed by atoms with Crippen LogP contribution in [-0.4, -0.2) is 24.4 Å². The van der Waals surface area contributed by atoms with Crippen molar-refractivity contribution in [2.45, 2.75) is 0 Å². The van der Waals surface area contributed by atoms with E-state index in [1.807, 2.05) is 12.1 Å². The van der Waals surface area contributed by atoms with Crippen LogP contribution in [0.15, 0.2) is 46.9 Å². The van der Waals surface area contributed by atoms with Crippen LogP contribution in [0.2, 0.25) is 0 Å². The van der Waals surface area contributed by atoms with Crippen molar-refractivity contribution in [2.75, 3.05) is 20.0 Å². The average Bonchev–Trinajstić information content (AvgIpc) is 3.04. The number of ether oxygens (including phenoxy) is 2. The van der Waals surface area contributed by atoms with Gasteiger partial charge in [-0.1, -0.05) is 0 Å². The summed E-state index contributed by atoms with van der Waals surface area (Å²) in [4.78, 5) is 0. The lowest BCUT2D eigenvalue weighted by Gasteiger charge is -2.07. The third kappa shape index (κ3) is 2.58. The number of benzene rings is 2. The van der Waals surface area contributed by atoms with Crippen molar-refractivity contribution < 1.29 is 13.9 Å². The maximum absolute atomic E-state index is 5.74. The molecule has 6 nitrogen and oxygen atoms in total. The predicted molar refractivity (Wildman–Crippen MR) is 82.7 cm³/mol. The fourth-order valence-corrected chi connectivity index (χ4v) is 2.06. The van der Waals surface area contributed by atoms with Gasteiger partial charge in [0.1, 0.15) is 11.5 Å². The molecule has 0 atom stereocenters. The molecule has 2 aromatic carbocycles. The molecule has 3 aromatic rings. The minimum Gasteiger partial charge on any atom is -0.497 e. The Balaban J connectivity index is 2.01. The summed E-state index contributed by atoms with van der Waals surface area (Å²) in [5.41, 5.74) is 7.83. The van der Waals surface area contributed by atoms with E-state index in [1.54, 1.807) is 44.6 Å². The molecule has 0 radical (unpaired) electrons. The summed E-state index contributed by atoms with van der Waals surface area (Å²) in [6.45, 7) is 0. The summed E-state index contributed by atoms with van der Waals surface area (Å²) in [5, 5.41) is 8.16. The van der Waals surface area contributed by atoms with Crippen molar-refractivity contribution in [3.05, 3.63) is 42.5 Å². The number of aromatic nitrogens is 2. The standard InChI is InChI=1S/C16H15N3O3/c1-20-12-7-8-14(21-2)13(9-12)16-19-18-15(22-16)10-3-5-11(17)6-4-10/h3-9H,17H2,1-2H3. The first-order valence-corrected chi connectivity index (χ1v) is 6.63. The lowest BCUT2D eigenvalue weighted by atomic mass is 10.2. The second-order valence-corrected chi connectivity index (χ2v) is 4.60. The van der Waals surface area contributed by atoms with Gasteiger partial charge in [0.05, 0.1) is 19.8 Å². The molecule has 0 amide bonds. The van der Waals surface area contributed by atoms with Gasteiger partial charge in [-0.25, -0.2) is 0 Å². The largest absolute Gasteiger partial charge is 0.497 e. The Morgan fingerprint density at radius 1 is 0.909 bits per heavy atom. The van der Waals surface area contributed by atoms with Gasteiger partial charge in [0, 0.05) is 11.3 Å². The highest BCUT2D eigenvalue weighted by atomic mass is 16.5. The molecule has 112 valence electrons. The third-order valence-electron chi connectivity index (χ3n) is 3.22. The number of nitrogens with zero attached hydrogens (tertiary/aromatic N) is 2. The lowest BCUT2D eigenvalue weighted by molar-refractivity contribution is 0.403. The van der Waals surface area contributed by atoms with Crippen LogP contribution in [0.3, 0.4) is 0 Å². The molecule has 0 saturated carbocycles. The minimum atomic E-state index is 0.363. The second-order valence-electron chi connectivity index (χ2n) is 4.60. The Labute approximate surface area is 127 Å². The highest BCUT2D eigenvalue weighted by Gasteiger charge is 2.15.